The van der Waals surface area contributed by atoms with Gasteiger partial charge in [-0.1, -0.05) is 0 Å². The van der Waals surface area contributed by atoms with Crippen molar-refractivity contribution in [1.82, 2.24) is 5.32 Å². The second kappa shape index (κ2) is 7.43. The third-order valence-electron chi connectivity index (χ3n) is 1.05. The van der Waals surface area contributed by atoms with Crippen molar-refractivity contribution in [3.8, 4) is 6.07 Å². The molecule has 4 nitrogen and oxygen atoms in total. The highest BCUT2D eigenvalue weighted by molar-refractivity contribution is 5.77. The normalized spacial score (nSPS) is 9.69. The molecule has 74 valence electrons. The summed E-state index contributed by atoms with van der Waals surface area (Å²) in [4.78, 5) is 10.6. The van der Waals surface area contributed by atoms with E-state index in [4.69, 9.17) is 5.26 Å². The first-order valence-corrected chi connectivity index (χ1v) is 3.66. The van der Waals surface area contributed by atoms with Crippen LogP contribution in [0.4, 0.5) is 8.78 Å². The number of amides is 1. The molecule has 0 heterocycles. The topological polar surface area (TPSA) is 62.1 Å². The van der Waals surface area contributed by atoms with Crippen molar-refractivity contribution in [2.45, 2.75) is 12.8 Å². The average Bonchev–Trinajstić information content (AvgIpc) is 2.03. The summed E-state index contributed by atoms with van der Waals surface area (Å²) in [5.74, 6) is -0.428. The van der Waals surface area contributed by atoms with Crippen LogP contribution < -0.4 is 5.32 Å². The minimum Gasteiger partial charge on any atom is -0.374 e. The number of hydrogen-bond acceptors (Lipinski definition) is 3. The maximum atomic E-state index is 11.5. The number of carbonyl (C=O) groups excluding carboxylic acids is 1. The first-order valence-electron chi connectivity index (χ1n) is 3.66. The molecule has 0 aliphatic heterocycles. The van der Waals surface area contributed by atoms with Crippen molar-refractivity contribution in [3.05, 3.63) is 0 Å². The zero-order chi connectivity index (χ0) is 10.1. The van der Waals surface area contributed by atoms with Gasteiger partial charge in [-0.25, -0.2) is 8.78 Å². The second-order valence-corrected chi connectivity index (χ2v) is 2.15. The lowest BCUT2D eigenvalue weighted by atomic mass is 10.4. The molecule has 0 bridgehead atoms. The van der Waals surface area contributed by atoms with E-state index in [1.165, 1.54) is 0 Å². The van der Waals surface area contributed by atoms with Crippen LogP contribution in [0.5, 0.6) is 0 Å². The Morgan fingerprint density at radius 1 is 1.62 bits per heavy atom. The number of nitrogens with zero attached hydrogens (tertiary/aromatic N) is 1. The Morgan fingerprint density at radius 2 is 2.31 bits per heavy atom. The van der Waals surface area contributed by atoms with Gasteiger partial charge in [-0.05, 0) is 0 Å². The van der Waals surface area contributed by atoms with Crippen LogP contribution in [0.2, 0.25) is 0 Å². The fraction of sp³-hybridized carbons (Fsp3) is 0.714. The summed E-state index contributed by atoms with van der Waals surface area (Å²) in [7, 11) is 0. The molecule has 0 aliphatic carbocycles. The molecule has 0 atom stereocenters. The van der Waals surface area contributed by atoms with E-state index in [1.807, 2.05) is 0 Å². The van der Waals surface area contributed by atoms with Crippen molar-refractivity contribution >= 4 is 5.91 Å². The van der Waals surface area contributed by atoms with Gasteiger partial charge in [0.2, 0.25) is 5.91 Å². The van der Waals surface area contributed by atoms with Gasteiger partial charge < -0.3 is 10.1 Å². The fourth-order valence-electron chi connectivity index (χ4n) is 0.569. The molecule has 0 rings (SSSR count). The molecule has 13 heavy (non-hydrogen) atoms. The van der Waals surface area contributed by atoms with Crippen molar-refractivity contribution < 1.29 is 18.3 Å². The molecule has 0 spiro atoms. The minimum atomic E-state index is -2.49. The number of hydrogen-bond donors (Lipinski definition) is 1. The summed E-state index contributed by atoms with van der Waals surface area (Å²) in [6, 6.07) is 1.65. The highest BCUT2D eigenvalue weighted by atomic mass is 19.3. The van der Waals surface area contributed by atoms with Crippen molar-refractivity contribution in [2.24, 2.45) is 0 Å². The number of ether oxygens (including phenoxy) is 1. The van der Waals surface area contributed by atoms with Crippen LogP contribution in [-0.4, -0.2) is 32.1 Å². The Balaban J connectivity index is 3.17. The predicted molar refractivity (Wildman–Crippen MR) is 40.1 cm³/mol. The summed E-state index contributed by atoms with van der Waals surface area (Å²) in [5, 5.41) is 10.4. The molecule has 0 saturated heterocycles. The summed E-state index contributed by atoms with van der Waals surface area (Å²) in [6.07, 6.45) is -2.72. The van der Waals surface area contributed by atoms with E-state index in [9.17, 15) is 13.6 Å². The maximum Gasteiger partial charge on any atom is 0.261 e. The SMILES string of the molecule is N#CCC(=O)NCCOCC(F)F. The average molecular weight is 192 g/mol. The van der Waals surface area contributed by atoms with Crippen molar-refractivity contribution in [1.29, 1.82) is 5.26 Å². The Morgan fingerprint density at radius 3 is 2.85 bits per heavy atom. The Labute approximate surface area is 74.5 Å². The molecule has 0 aromatic carbocycles. The molecular weight excluding hydrogens is 182 g/mol. The van der Waals surface area contributed by atoms with Crippen molar-refractivity contribution in [2.75, 3.05) is 19.8 Å². The predicted octanol–water partition coefficient (Wildman–Crippen LogP) is 0.298. The quantitative estimate of drug-likeness (QED) is 0.615. The molecular formula is C7H10F2N2O2. The monoisotopic (exact) mass is 192 g/mol. The molecule has 0 aliphatic rings. The van der Waals surface area contributed by atoms with Gasteiger partial charge in [0.05, 0.1) is 12.7 Å². The molecule has 0 saturated carbocycles. The van der Waals surface area contributed by atoms with Gasteiger partial charge in [0.1, 0.15) is 13.0 Å². The lowest BCUT2D eigenvalue weighted by molar-refractivity contribution is -0.120. The Hall–Kier alpha value is -1.22. The molecule has 0 fully saturated rings. The smallest absolute Gasteiger partial charge is 0.261 e. The molecule has 6 heteroatoms. The highest BCUT2D eigenvalue weighted by Crippen LogP contribution is 1.91. The van der Waals surface area contributed by atoms with Crippen LogP contribution in [0.3, 0.4) is 0 Å². The number of nitriles is 1. The minimum absolute atomic E-state index is 0.0293. The van der Waals surface area contributed by atoms with Gasteiger partial charge in [-0.2, -0.15) is 5.26 Å². The van der Waals surface area contributed by atoms with E-state index in [2.05, 4.69) is 10.1 Å². The fourth-order valence-corrected chi connectivity index (χ4v) is 0.569. The third kappa shape index (κ3) is 8.69. The highest BCUT2D eigenvalue weighted by Gasteiger charge is 2.02. The number of nitrogens with one attached hydrogen (secondary N) is 1. The molecule has 1 N–H and O–H groups in total. The number of rotatable bonds is 6. The van der Waals surface area contributed by atoms with Crippen molar-refractivity contribution in [3.63, 3.8) is 0 Å². The Kier molecular flexibility index (Phi) is 6.73. The first kappa shape index (κ1) is 11.8. The zero-order valence-electron chi connectivity index (χ0n) is 6.93. The van der Waals surface area contributed by atoms with E-state index in [1.54, 1.807) is 6.07 Å². The van der Waals surface area contributed by atoms with Gasteiger partial charge in [0, 0.05) is 6.54 Å². The molecule has 0 aromatic rings. The van der Waals surface area contributed by atoms with Gasteiger partial charge >= 0.3 is 0 Å². The van der Waals surface area contributed by atoms with E-state index in [0.717, 1.165) is 0 Å². The molecule has 1 amide bonds. The standard InChI is InChI=1S/C7H10F2N2O2/c8-6(9)5-13-4-3-11-7(12)1-2-10/h6H,1,3-5H2,(H,11,12). The van der Waals surface area contributed by atoms with Gasteiger partial charge in [-0.3, -0.25) is 4.79 Å². The lowest BCUT2D eigenvalue weighted by Crippen LogP contribution is -2.27. The summed E-state index contributed by atoms with van der Waals surface area (Å²) < 4.78 is 27.4. The lowest BCUT2D eigenvalue weighted by Gasteiger charge is -2.03. The first-order chi connectivity index (χ1) is 6.16. The summed E-state index contributed by atoms with van der Waals surface area (Å²) >= 11 is 0. The largest absolute Gasteiger partial charge is 0.374 e. The van der Waals surface area contributed by atoms with Gasteiger partial charge in [0.15, 0.2) is 0 Å². The zero-order valence-corrected chi connectivity index (χ0v) is 6.93. The van der Waals surface area contributed by atoms with E-state index in [-0.39, 0.29) is 19.6 Å². The summed E-state index contributed by atoms with van der Waals surface area (Å²) in [6.45, 7) is -0.455. The van der Waals surface area contributed by atoms with Crippen LogP contribution in [0.25, 0.3) is 0 Å². The molecule has 0 radical (unpaired) electrons. The van der Waals surface area contributed by atoms with E-state index >= 15 is 0 Å². The van der Waals surface area contributed by atoms with E-state index < -0.39 is 18.9 Å². The van der Waals surface area contributed by atoms with Crippen LogP contribution in [-0.2, 0) is 9.53 Å². The van der Waals surface area contributed by atoms with Crippen LogP contribution >= 0.6 is 0 Å². The second-order valence-electron chi connectivity index (χ2n) is 2.15. The number of carbonyl (C=O) groups is 1. The van der Waals surface area contributed by atoms with Crippen LogP contribution in [0.15, 0.2) is 0 Å². The number of alkyl halides is 2. The summed E-state index contributed by atoms with van der Waals surface area (Å²) in [5.41, 5.74) is 0. The third-order valence-corrected chi connectivity index (χ3v) is 1.05. The molecule has 0 aromatic heterocycles. The maximum absolute atomic E-state index is 11.5. The van der Waals surface area contributed by atoms with Gasteiger partial charge in [-0.15, -0.1) is 0 Å². The van der Waals surface area contributed by atoms with Crippen LogP contribution in [0, 0.1) is 11.3 Å². The van der Waals surface area contributed by atoms with E-state index in [0.29, 0.717) is 0 Å². The van der Waals surface area contributed by atoms with Gasteiger partial charge in [0.25, 0.3) is 6.43 Å². The van der Waals surface area contributed by atoms with Crippen LogP contribution in [0.1, 0.15) is 6.42 Å². The Bertz CT molecular complexity index is 191. The molecule has 0 unspecified atom stereocenters. The number of halogens is 2.